The molecule has 0 spiro atoms. The van der Waals surface area contributed by atoms with Crippen LogP contribution in [0.2, 0.25) is 0 Å². The summed E-state index contributed by atoms with van der Waals surface area (Å²) in [5.41, 5.74) is 0.512. The predicted octanol–water partition coefficient (Wildman–Crippen LogP) is -0.656. The van der Waals surface area contributed by atoms with Crippen molar-refractivity contribution in [1.82, 2.24) is 0 Å². The van der Waals surface area contributed by atoms with Crippen LogP contribution in [0.3, 0.4) is 0 Å². The van der Waals surface area contributed by atoms with E-state index in [9.17, 15) is 10.4 Å². The first-order valence-electron chi connectivity index (χ1n) is 4.77. The Morgan fingerprint density at radius 2 is 2.12 bits per heavy atom. The number of ether oxygens (including phenoxy) is 2. The number of pyridine rings is 1. The first kappa shape index (κ1) is 10.7. The smallest absolute Gasteiger partial charge is 0.324 e. The molecule has 0 bridgehead atoms. The maximum Gasteiger partial charge on any atom is 0.324 e. The fourth-order valence-electron chi connectivity index (χ4n) is 1.76. The first-order chi connectivity index (χ1) is 7.69. The molecule has 0 aliphatic carbocycles. The molecule has 2 heterocycles. The Kier molecular flexibility index (Phi) is 2.67. The Morgan fingerprint density at radius 1 is 1.38 bits per heavy atom. The fraction of sp³-hybridized carbons (Fsp3) is 0.300. The highest BCUT2D eigenvalue weighted by Crippen LogP contribution is 2.28. The molecule has 0 fully saturated rings. The van der Waals surface area contributed by atoms with Crippen LogP contribution < -0.4 is 14.5 Å². The molecule has 0 saturated heterocycles. The summed E-state index contributed by atoms with van der Waals surface area (Å²) in [4.78, 5) is 0. The zero-order valence-electron chi connectivity index (χ0n) is 9.02. The molecular formula is C10H12N2O4. The van der Waals surface area contributed by atoms with Gasteiger partial charge in [0.15, 0.2) is 17.7 Å². The van der Waals surface area contributed by atoms with Gasteiger partial charge in [0.2, 0.25) is 0 Å². The first-order valence-corrected chi connectivity index (χ1v) is 4.77. The Morgan fingerprint density at radius 3 is 2.75 bits per heavy atom. The van der Waals surface area contributed by atoms with E-state index >= 15 is 0 Å². The van der Waals surface area contributed by atoms with Crippen molar-refractivity contribution in [2.24, 2.45) is 0 Å². The Bertz CT molecular complexity index is 445. The van der Waals surface area contributed by atoms with Crippen molar-refractivity contribution in [2.75, 3.05) is 20.8 Å². The van der Waals surface area contributed by atoms with Gasteiger partial charge in [0, 0.05) is 6.08 Å². The summed E-state index contributed by atoms with van der Waals surface area (Å²) in [7, 11) is 2.92. The molecule has 0 radical (unpaired) electrons. The minimum atomic E-state index is -0.141. The van der Waals surface area contributed by atoms with Crippen molar-refractivity contribution in [3.05, 3.63) is 34.4 Å². The van der Waals surface area contributed by atoms with Gasteiger partial charge in [-0.1, -0.05) is 0 Å². The number of methoxy groups -OCH3 is 2. The Balaban J connectivity index is 2.67. The number of rotatable bonds is 2. The quantitative estimate of drug-likeness (QED) is 0.535. The van der Waals surface area contributed by atoms with Gasteiger partial charge in [-0.25, -0.2) is 0 Å². The predicted molar refractivity (Wildman–Crippen MR) is 55.8 cm³/mol. The van der Waals surface area contributed by atoms with E-state index in [1.54, 1.807) is 6.08 Å². The topological polar surface area (TPSA) is 72.9 Å². The molecule has 1 aliphatic rings. The molecule has 16 heavy (non-hydrogen) atoms. The second-order valence-electron chi connectivity index (χ2n) is 3.33. The summed E-state index contributed by atoms with van der Waals surface area (Å²) >= 11 is 0. The number of nitrogens with zero attached hydrogens (tertiary/aromatic N) is 1. The monoisotopic (exact) mass is 224 g/mol. The number of aromatic nitrogens is 1. The van der Waals surface area contributed by atoms with Gasteiger partial charge in [-0.3, -0.25) is 0 Å². The van der Waals surface area contributed by atoms with Crippen molar-refractivity contribution >= 4 is 11.4 Å². The maximum atomic E-state index is 11.7. The number of hydrogen-bond donors (Lipinski definition) is 1. The van der Waals surface area contributed by atoms with Gasteiger partial charge in [-0.15, -0.1) is 0 Å². The number of nitrogens with one attached hydrogen (secondary N) is 1. The molecule has 1 N–H and O–H groups in total. The van der Waals surface area contributed by atoms with Crippen molar-refractivity contribution in [3.8, 4) is 5.75 Å². The minimum absolute atomic E-state index is 0.141. The molecule has 2 rings (SSSR count). The van der Waals surface area contributed by atoms with Crippen molar-refractivity contribution < 1.29 is 19.3 Å². The van der Waals surface area contributed by atoms with E-state index in [1.807, 2.05) is 0 Å². The van der Waals surface area contributed by atoms with Crippen LogP contribution in [0, 0.1) is 10.4 Å². The average molecular weight is 224 g/mol. The van der Waals surface area contributed by atoms with E-state index in [0.717, 1.165) is 0 Å². The van der Waals surface area contributed by atoms with Gasteiger partial charge < -0.3 is 25.0 Å². The second kappa shape index (κ2) is 3.99. The maximum absolute atomic E-state index is 11.7. The normalized spacial score (nSPS) is 18.7. The largest absolute Gasteiger partial charge is 0.628 e. The third-order valence-electron chi connectivity index (χ3n) is 2.49. The number of hydroxylamine groups is 1. The van der Waals surface area contributed by atoms with Gasteiger partial charge in [0.05, 0.1) is 20.3 Å². The van der Waals surface area contributed by atoms with Gasteiger partial charge in [-0.05, 0) is 0 Å². The Hall–Kier alpha value is -1.79. The molecule has 1 unspecified atom stereocenters. The average Bonchev–Trinajstić information content (AvgIpc) is 2.31. The van der Waals surface area contributed by atoms with Crippen LogP contribution in [-0.2, 0) is 4.74 Å². The molecule has 0 amide bonds. The van der Waals surface area contributed by atoms with Crippen LogP contribution >= 0.6 is 0 Å². The molecule has 6 nitrogen and oxygen atoms in total. The summed E-state index contributed by atoms with van der Waals surface area (Å²) < 4.78 is 10.8. The van der Waals surface area contributed by atoms with E-state index in [1.165, 1.54) is 26.5 Å². The van der Waals surface area contributed by atoms with E-state index in [4.69, 9.17) is 9.47 Å². The number of hydrogen-bond acceptors (Lipinski definition) is 4. The molecule has 86 valence electrons. The lowest BCUT2D eigenvalue weighted by Gasteiger charge is -2.26. The van der Waals surface area contributed by atoms with Crippen LogP contribution in [0.4, 0.5) is 5.69 Å². The SMILES string of the molecule is COC1=CC[NH+]([O-])c2c(OC)cc[n+]([O-])c21. The lowest BCUT2D eigenvalue weighted by Crippen LogP contribution is -3.02. The van der Waals surface area contributed by atoms with E-state index in [0.29, 0.717) is 21.9 Å². The number of fused-ring (bicyclic) bond motifs is 1. The molecule has 1 aromatic heterocycles. The summed E-state index contributed by atoms with van der Waals surface area (Å²) in [5.74, 6) is 0.804. The standard InChI is InChI=1S/C10H12N2O4/c1-15-7-3-5-12(14)10-8(16-2)4-6-11(13)9(7)10/h3-5,11H,6H2,1-2H3. The van der Waals surface area contributed by atoms with Crippen molar-refractivity contribution in [1.29, 1.82) is 0 Å². The van der Waals surface area contributed by atoms with Gasteiger partial charge >= 0.3 is 5.69 Å². The van der Waals surface area contributed by atoms with E-state index in [2.05, 4.69) is 0 Å². The van der Waals surface area contributed by atoms with Gasteiger partial charge in [0.25, 0.3) is 5.69 Å². The summed E-state index contributed by atoms with van der Waals surface area (Å²) in [6.45, 7) is 0.219. The third kappa shape index (κ3) is 1.48. The van der Waals surface area contributed by atoms with Gasteiger partial charge in [0.1, 0.15) is 6.54 Å². The zero-order chi connectivity index (χ0) is 11.7. The minimum Gasteiger partial charge on any atom is -0.628 e. The molecule has 0 aromatic carbocycles. The van der Waals surface area contributed by atoms with E-state index in [-0.39, 0.29) is 17.3 Å². The highest BCUT2D eigenvalue weighted by atomic mass is 16.5. The van der Waals surface area contributed by atoms with Crippen LogP contribution in [0.5, 0.6) is 5.75 Å². The lowest BCUT2D eigenvalue weighted by molar-refractivity contribution is -0.776. The molecule has 0 saturated carbocycles. The summed E-state index contributed by atoms with van der Waals surface area (Å²) in [5, 5.41) is 23.2. The van der Waals surface area contributed by atoms with Gasteiger partial charge in [-0.2, -0.15) is 4.73 Å². The molecule has 1 aromatic rings. The van der Waals surface area contributed by atoms with Crippen LogP contribution in [-0.4, -0.2) is 20.8 Å². The van der Waals surface area contributed by atoms with Crippen LogP contribution in [0.1, 0.15) is 5.69 Å². The summed E-state index contributed by atoms with van der Waals surface area (Å²) in [6.07, 6.45) is 2.89. The van der Waals surface area contributed by atoms with Crippen molar-refractivity contribution in [3.63, 3.8) is 0 Å². The lowest BCUT2D eigenvalue weighted by atomic mass is 10.1. The highest BCUT2D eigenvalue weighted by molar-refractivity contribution is 5.68. The third-order valence-corrected chi connectivity index (χ3v) is 2.49. The second-order valence-corrected chi connectivity index (χ2v) is 3.33. The Labute approximate surface area is 92.5 Å². The molecule has 1 atom stereocenters. The molecular weight excluding hydrogens is 212 g/mol. The van der Waals surface area contributed by atoms with Crippen molar-refractivity contribution in [2.45, 2.75) is 0 Å². The van der Waals surface area contributed by atoms with E-state index < -0.39 is 0 Å². The molecule has 6 heteroatoms. The molecule has 1 aliphatic heterocycles. The highest BCUT2D eigenvalue weighted by Gasteiger charge is 2.32. The fourth-order valence-corrected chi connectivity index (χ4v) is 1.76. The van der Waals surface area contributed by atoms with Crippen LogP contribution in [0.15, 0.2) is 18.3 Å². The summed E-state index contributed by atoms with van der Waals surface area (Å²) in [6, 6.07) is 1.47. The van der Waals surface area contributed by atoms with Crippen LogP contribution in [0.25, 0.3) is 5.76 Å². The number of quaternary nitrogens is 1. The zero-order valence-corrected chi connectivity index (χ0v) is 9.02.